The predicted molar refractivity (Wildman–Crippen MR) is 98.3 cm³/mol. The summed E-state index contributed by atoms with van der Waals surface area (Å²) >= 11 is 0. The molecule has 1 saturated heterocycles. The topological polar surface area (TPSA) is 78.4 Å². The smallest absolute Gasteiger partial charge is 0.252 e. The number of β-amino-alcohol motifs (C(OH)–C–C–N with tert-alkyl or cyclic N) is 1. The molecule has 3 rings (SSSR count). The first kappa shape index (κ1) is 19.1. The molecular formula is C19H21ClN2O3. The highest BCUT2D eigenvalue weighted by Gasteiger charge is 2.26. The Bertz CT molecular complexity index is 736. The first-order chi connectivity index (χ1) is 11.7. The van der Waals surface area contributed by atoms with Crippen LogP contribution in [-0.2, 0) is 0 Å². The average molecular weight is 361 g/mol. The second kappa shape index (κ2) is 8.76. The highest BCUT2D eigenvalue weighted by atomic mass is 35.5. The Balaban J connectivity index is 0.00000225. The number of hydrogen-bond acceptors (Lipinski definition) is 4. The van der Waals surface area contributed by atoms with E-state index in [1.54, 1.807) is 48.5 Å². The lowest BCUT2D eigenvalue weighted by Gasteiger charge is -2.15. The van der Waals surface area contributed by atoms with Crippen LogP contribution in [0.3, 0.4) is 0 Å². The number of benzene rings is 2. The van der Waals surface area contributed by atoms with Gasteiger partial charge in [-0.3, -0.25) is 9.59 Å². The highest BCUT2D eigenvalue weighted by molar-refractivity contribution is 6.15. The largest absolute Gasteiger partial charge is 0.391 e. The van der Waals surface area contributed by atoms with Gasteiger partial charge in [0.1, 0.15) is 0 Å². The van der Waals surface area contributed by atoms with Crippen LogP contribution in [-0.4, -0.2) is 42.5 Å². The van der Waals surface area contributed by atoms with Gasteiger partial charge in [0.05, 0.1) is 11.7 Å². The Kier molecular flexibility index (Phi) is 6.70. The molecule has 0 aliphatic carbocycles. The number of halogens is 1. The highest BCUT2D eigenvalue weighted by Crippen LogP contribution is 2.15. The third-order valence-corrected chi connectivity index (χ3v) is 4.28. The lowest BCUT2D eigenvalue weighted by Crippen LogP contribution is -2.35. The number of amides is 1. The predicted octanol–water partition coefficient (Wildman–Crippen LogP) is 1.65. The van der Waals surface area contributed by atoms with Crippen LogP contribution in [0, 0.1) is 5.92 Å². The van der Waals surface area contributed by atoms with E-state index in [0.717, 1.165) is 0 Å². The maximum absolute atomic E-state index is 12.7. The van der Waals surface area contributed by atoms with Gasteiger partial charge in [0.25, 0.3) is 5.91 Å². The number of carbonyl (C=O) groups excluding carboxylic acids is 2. The molecule has 1 aliphatic rings. The molecular weight excluding hydrogens is 340 g/mol. The molecule has 132 valence electrons. The molecule has 2 aromatic carbocycles. The minimum absolute atomic E-state index is 0. The van der Waals surface area contributed by atoms with E-state index < -0.39 is 6.10 Å². The number of hydrogen-bond donors (Lipinski definition) is 3. The normalized spacial score (nSPS) is 19.1. The molecule has 1 heterocycles. The first-order valence-electron chi connectivity index (χ1n) is 8.02. The summed E-state index contributed by atoms with van der Waals surface area (Å²) in [6.45, 7) is 1.59. The van der Waals surface area contributed by atoms with Gasteiger partial charge in [0, 0.05) is 36.7 Å². The molecule has 1 aliphatic heterocycles. The van der Waals surface area contributed by atoms with E-state index >= 15 is 0 Å². The van der Waals surface area contributed by atoms with E-state index in [1.807, 2.05) is 6.07 Å². The van der Waals surface area contributed by atoms with Gasteiger partial charge in [0.15, 0.2) is 5.78 Å². The number of aliphatic hydroxyl groups is 1. The van der Waals surface area contributed by atoms with Crippen molar-refractivity contribution in [3.63, 3.8) is 0 Å². The second-order valence-corrected chi connectivity index (χ2v) is 5.94. The van der Waals surface area contributed by atoms with Crippen LogP contribution < -0.4 is 10.6 Å². The van der Waals surface area contributed by atoms with Gasteiger partial charge in [-0.05, 0) is 6.07 Å². The number of ketones is 1. The van der Waals surface area contributed by atoms with Gasteiger partial charge >= 0.3 is 0 Å². The number of nitrogens with one attached hydrogen (secondary N) is 2. The van der Waals surface area contributed by atoms with E-state index in [-0.39, 0.29) is 30.0 Å². The molecule has 3 N–H and O–H groups in total. The van der Waals surface area contributed by atoms with Crippen LogP contribution in [0.25, 0.3) is 0 Å². The average Bonchev–Trinajstić information content (AvgIpc) is 3.05. The lowest BCUT2D eigenvalue weighted by atomic mass is 9.97. The van der Waals surface area contributed by atoms with Crippen molar-refractivity contribution in [2.24, 2.45) is 5.92 Å². The Morgan fingerprint density at radius 3 is 2.28 bits per heavy atom. The number of aliphatic hydroxyl groups excluding tert-OH is 1. The lowest BCUT2D eigenvalue weighted by molar-refractivity contribution is 0.0917. The van der Waals surface area contributed by atoms with Crippen LogP contribution in [0.1, 0.15) is 26.3 Å². The molecule has 2 aromatic rings. The minimum Gasteiger partial charge on any atom is -0.391 e. The molecule has 6 heteroatoms. The third-order valence-electron chi connectivity index (χ3n) is 4.28. The summed E-state index contributed by atoms with van der Waals surface area (Å²) in [7, 11) is 0. The summed E-state index contributed by atoms with van der Waals surface area (Å²) in [6, 6.07) is 15.7. The van der Waals surface area contributed by atoms with Gasteiger partial charge in [0.2, 0.25) is 0 Å². The summed E-state index contributed by atoms with van der Waals surface area (Å²) in [4.78, 5) is 25.2. The third kappa shape index (κ3) is 4.45. The van der Waals surface area contributed by atoms with Gasteiger partial charge in [-0.2, -0.15) is 0 Å². The number of rotatable bonds is 5. The molecule has 0 radical (unpaired) electrons. The fourth-order valence-corrected chi connectivity index (χ4v) is 2.87. The molecule has 0 aromatic heterocycles. The first-order valence-corrected chi connectivity index (χ1v) is 8.02. The zero-order chi connectivity index (χ0) is 16.9. The Hall–Kier alpha value is -2.21. The minimum atomic E-state index is -0.452. The van der Waals surface area contributed by atoms with Crippen LogP contribution >= 0.6 is 12.4 Å². The van der Waals surface area contributed by atoms with Crippen molar-refractivity contribution >= 4 is 24.1 Å². The standard InChI is InChI=1S/C19H20N2O3.ClH/c22-17-12-20-10-14(17)11-21-19(24)16-9-5-4-8-15(16)18(23)13-6-2-1-3-7-13;/h1-9,14,17,20,22H,10-12H2,(H,21,24);1H. The van der Waals surface area contributed by atoms with E-state index in [4.69, 9.17) is 0 Å². The Morgan fingerprint density at radius 1 is 1.00 bits per heavy atom. The van der Waals surface area contributed by atoms with Gasteiger partial charge in [-0.1, -0.05) is 48.5 Å². The van der Waals surface area contributed by atoms with Crippen LogP contribution in [0.15, 0.2) is 54.6 Å². The summed E-state index contributed by atoms with van der Waals surface area (Å²) in [5.41, 5.74) is 1.28. The van der Waals surface area contributed by atoms with Crippen molar-refractivity contribution in [3.8, 4) is 0 Å². The van der Waals surface area contributed by atoms with Crippen molar-refractivity contribution < 1.29 is 14.7 Å². The molecule has 0 bridgehead atoms. The molecule has 2 unspecified atom stereocenters. The summed E-state index contributed by atoms with van der Waals surface area (Å²) in [5, 5.41) is 15.7. The fraction of sp³-hybridized carbons (Fsp3) is 0.263. The summed E-state index contributed by atoms with van der Waals surface area (Å²) in [5.74, 6) is -0.483. The van der Waals surface area contributed by atoms with Crippen LogP contribution in [0.4, 0.5) is 0 Å². The van der Waals surface area contributed by atoms with E-state index in [9.17, 15) is 14.7 Å². The quantitative estimate of drug-likeness (QED) is 0.708. The molecule has 5 nitrogen and oxygen atoms in total. The summed E-state index contributed by atoms with van der Waals surface area (Å²) < 4.78 is 0. The molecule has 1 fully saturated rings. The zero-order valence-electron chi connectivity index (χ0n) is 13.6. The zero-order valence-corrected chi connectivity index (χ0v) is 14.5. The molecule has 25 heavy (non-hydrogen) atoms. The van der Waals surface area contributed by atoms with Gasteiger partial charge in [-0.15, -0.1) is 12.4 Å². The number of carbonyl (C=O) groups is 2. The van der Waals surface area contributed by atoms with E-state index in [0.29, 0.717) is 36.3 Å². The van der Waals surface area contributed by atoms with Gasteiger partial charge < -0.3 is 15.7 Å². The maximum atomic E-state index is 12.7. The van der Waals surface area contributed by atoms with E-state index in [2.05, 4.69) is 10.6 Å². The SMILES string of the molecule is Cl.O=C(NCC1CNCC1O)c1ccccc1C(=O)c1ccccc1. The van der Waals surface area contributed by atoms with Crippen molar-refractivity contribution in [2.45, 2.75) is 6.10 Å². The van der Waals surface area contributed by atoms with Crippen LogP contribution in [0.5, 0.6) is 0 Å². The van der Waals surface area contributed by atoms with Crippen molar-refractivity contribution in [3.05, 3.63) is 71.3 Å². The second-order valence-electron chi connectivity index (χ2n) is 5.94. The Labute approximate surface area is 152 Å². The molecule has 1 amide bonds. The Morgan fingerprint density at radius 2 is 1.64 bits per heavy atom. The van der Waals surface area contributed by atoms with Crippen molar-refractivity contribution in [1.82, 2.24) is 10.6 Å². The fourth-order valence-electron chi connectivity index (χ4n) is 2.87. The molecule has 0 spiro atoms. The molecule has 0 saturated carbocycles. The van der Waals surface area contributed by atoms with Crippen LogP contribution in [0.2, 0.25) is 0 Å². The van der Waals surface area contributed by atoms with Gasteiger partial charge in [-0.25, -0.2) is 0 Å². The monoisotopic (exact) mass is 360 g/mol. The van der Waals surface area contributed by atoms with Crippen molar-refractivity contribution in [2.75, 3.05) is 19.6 Å². The van der Waals surface area contributed by atoms with E-state index in [1.165, 1.54) is 0 Å². The molecule has 2 atom stereocenters. The van der Waals surface area contributed by atoms with Crippen molar-refractivity contribution in [1.29, 1.82) is 0 Å². The maximum Gasteiger partial charge on any atom is 0.252 e. The summed E-state index contributed by atoms with van der Waals surface area (Å²) in [6.07, 6.45) is -0.452.